The number of unbranched alkanes of at least 4 members (excludes halogenated alkanes) is 1. The van der Waals surface area contributed by atoms with Crippen LogP contribution in [0.25, 0.3) is 0 Å². The number of amides is 2. The maximum absolute atomic E-state index is 14.1. The van der Waals surface area contributed by atoms with Crippen LogP contribution in [-0.4, -0.2) is 82.8 Å². The summed E-state index contributed by atoms with van der Waals surface area (Å²) in [6, 6.07) is 7.97. The lowest BCUT2D eigenvalue weighted by Gasteiger charge is -2.38. The number of carbonyl (C=O) groups excluding carboxylic acids is 3. The molecule has 1 unspecified atom stereocenters. The van der Waals surface area contributed by atoms with Gasteiger partial charge in [0.25, 0.3) is 0 Å². The lowest BCUT2D eigenvalue weighted by Crippen LogP contribution is -2.58. The van der Waals surface area contributed by atoms with E-state index in [9.17, 15) is 19.5 Å². The number of fused-ring (bicyclic) bond motifs is 2. The molecule has 186 valence electrons. The van der Waals surface area contributed by atoms with E-state index in [0.29, 0.717) is 19.5 Å². The quantitative estimate of drug-likeness (QED) is 0.469. The van der Waals surface area contributed by atoms with Crippen molar-refractivity contribution in [3.63, 3.8) is 0 Å². The number of rotatable bonds is 7. The first-order chi connectivity index (χ1) is 17.0. The zero-order valence-corrected chi connectivity index (χ0v) is 19.9. The highest BCUT2D eigenvalue weighted by Crippen LogP contribution is 2.53. The van der Waals surface area contributed by atoms with Crippen molar-refractivity contribution in [2.75, 3.05) is 26.3 Å². The van der Waals surface area contributed by atoms with Gasteiger partial charge in [-0.2, -0.15) is 0 Å². The molecule has 35 heavy (non-hydrogen) atoms. The summed E-state index contributed by atoms with van der Waals surface area (Å²) in [6.07, 6.45) is 8.68. The van der Waals surface area contributed by atoms with Crippen molar-refractivity contribution in [1.82, 2.24) is 9.80 Å². The second-order valence-electron chi connectivity index (χ2n) is 9.71. The molecule has 6 atom stereocenters. The molecule has 1 N–H and O–H groups in total. The molecule has 2 amide bonds. The van der Waals surface area contributed by atoms with Gasteiger partial charge < -0.3 is 24.4 Å². The van der Waals surface area contributed by atoms with Crippen molar-refractivity contribution in [3.8, 4) is 0 Å². The zero-order valence-electron chi connectivity index (χ0n) is 19.9. The highest BCUT2D eigenvalue weighted by Gasteiger charge is 2.72. The number of likely N-dealkylation sites (tertiary alicyclic amines) is 1. The number of cyclic esters (lactones) is 1. The first-order valence-electron chi connectivity index (χ1n) is 12.5. The molecule has 1 spiro atoms. The summed E-state index contributed by atoms with van der Waals surface area (Å²) in [4.78, 5) is 44.4. The van der Waals surface area contributed by atoms with Crippen LogP contribution in [0.5, 0.6) is 0 Å². The SMILES string of the molecule is CCCCN1CC=C[C@]23O[C@@H]4C=CCOC(=O)[C@@H]4[C@H]2C(=O)N([C@@H](CO)Cc2ccccc2)C3C1=O. The van der Waals surface area contributed by atoms with Crippen molar-refractivity contribution in [1.29, 1.82) is 0 Å². The van der Waals surface area contributed by atoms with Crippen molar-refractivity contribution >= 4 is 17.8 Å². The Hall–Kier alpha value is -2.97. The third-order valence-electron chi connectivity index (χ3n) is 7.63. The Morgan fingerprint density at radius 1 is 1.14 bits per heavy atom. The summed E-state index contributed by atoms with van der Waals surface area (Å²) in [6.45, 7) is 2.85. The standard InChI is InChI=1S/C27H32N2O6/c1-2-3-13-28-14-8-12-27-22(21-20(35-27)11-7-15-34-26(21)33)24(31)29(23(27)25(28)32)19(17-30)16-18-9-5-4-6-10-18/h4-12,19-23,30H,2-3,13-17H2,1H3/t19-,20-,21+,22+,23?,27+/m1/s1. The number of carbonyl (C=O) groups is 3. The topological polar surface area (TPSA) is 96.4 Å². The van der Waals surface area contributed by atoms with Crippen LogP contribution in [0.4, 0.5) is 0 Å². The van der Waals surface area contributed by atoms with Crippen molar-refractivity contribution in [2.45, 2.75) is 50.0 Å². The molecule has 5 rings (SSSR count). The van der Waals surface area contributed by atoms with E-state index in [0.717, 1.165) is 18.4 Å². The van der Waals surface area contributed by atoms with Gasteiger partial charge in [0.1, 0.15) is 24.2 Å². The molecule has 1 aromatic carbocycles. The third kappa shape index (κ3) is 3.89. The van der Waals surface area contributed by atoms with E-state index in [1.165, 1.54) is 4.90 Å². The first-order valence-corrected chi connectivity index (χ1v) is 12.5. The number of ether oxygens (including phenoxy) is 2. The van der Waals surface area contributed by atoms with Crippen LogP contribution in [0.3, 0.4) is 0 Å². The van der Waals surface area contributed by atoms with Gasteiger partial charge >= 0.3 is 5.97 Å². The fourth-order valence-electron chi connectivity index (χ4n) is 6.04. The van der Waals surface area contributed by atoms with Crippen molar-refractivity contribution < 1.29 is 29.0 Å². The van der Waals surface area contributed by atoms with E-state index in [2.05, 4.69) is 6.92 Å². The minimum atomic E-state index is -1.30. The van der Waals surface area contributed by atoms with Crippen LogP contribution in [0.15, 0.2) is 54.6 Å². The molecular weight excluding hydrogens is 448 g/mol. The molecule has 0 aliphatic carbocycles. The molecule has 8 nitrogen and oxygen atoms in total. The lowest BCUT2D eigenvalue weighted by molar-refractivity contribution is -0.155. The monoisotopic (exact) mass is 480 g/mol. The predicted molar refractivity (Wildman–Crippen MR) is 127 cm³/mol. The average molecular weight is 481 g/mol. The van der Waals surface area contributed by atoms with Gasteiger partial charge in [-0.25, -0.2) is 0 Å². The number of aliphatic hydroxyl groups is 1. The Bertz CT molecular complexity index is 1040. The van der Waals surface area contributed by atoms with Crippen LogP contribution in [0, 0.1) is 11.8 Å². The molecule has 2 fully saturated rings. The molecule has 8 heteroatoms. The third-order valence-corrected chi connectivity index (χ3v) is 7.63. The number of esters is 1. The lowest BCUT2D eigenvalue weighted by atomic mass is 9.78. The zero-order chi connectivity index (χ0) is 24.6. The van der Waals surface area contributed by atoms with E-state index in [4.69, 9.17) is 9.47 Å². The maximum Gasteiger partial charge on any atom is 0.313 e. The normalized spacial score (nSPS) is 32.6. The van der Waals surface area contributed by atoms with E-state index in [-0.39, 0.29) is 25.0 Å². The van der Waals surface area contributed by atoms with E-state index < -0.39 is 41.6 Å². The minimum Gasteiger partial charge on any atom is -0.461 e. The Morgan fingerprint density at radius 3 is 2.69 bits per heavy atom. The molecule has 2 saturated heterocycles. The van der Waals surface area contributed by atoms with Gasteiger partial charge in [0, 0.05) is 13.1 Å². The molecule has 4 heterocycles. The number of benzene rings is 1. The molecule has 4 aliphatic heterocycles. The van der Waals surface area contributed by atoms with Gasteiger partial charge in [-0.05, 0) is 24.5 Å². The van der Waals surface area contributed by atoms with Crippen LogP contribution in [0.1, 0.15) is 25.3 Å². The van der Waals surface area contributed by atoms with E-state index >= 15 is 0 Å². The van der Waals surface area contributed by atoms with Gasteiger partial charge in [0.15, 0.2) is 0 Å². The number of aliphatic hydroxyl groups excluding tert-OH is 1. The number of hydrogen-bond donors (Lipinski definition) is 1. The van der Waals surface area contributed by atoms with Gasteiger partial charge in [-0.3, -0.25) is 14.4 Å². The second-order valence-corrected chi connectivity index (χ2v) is 9.71. The highest BCUT2D eigenvalue weighted by atomic mass is 16.6. The predicted octanol–water partition coefficient (Wildman–Crippen LogP) is 1.48. The molecule has 0 saturated carbocycles. The number of nitrogens with zero attached hydrogens (tertiary/aromatic N) is 2. The van der Waals surface area contributed by atoms with Crippen molar-refractivity contribution in [2.24, 2.45) is 11.8 Å². The summed E-state index contributed by atoms with van der Waals surface area (Å²) in [5.74, 6) is -2.79. The average Bonchev–Trinajstić information content (AvgIpc) is 3.17. The minimum absolute atomic E-state index is 0.128. The summed E-state index contributed by atoms with van der Waals surface area (Å²) in [7, 11) is 0. The summed E-state index contributed by atoms with van der Waals surface area (Å²) in [5.41, 5.74) is -0.351. The van der Waals surface area contributed by atoms with E-state index in [1.54, 1.807) is 17.1 Å². The van der Waals surface area contributed by atoms with Crippen LogP contribution >= 0.6 is 0 Å². The summed E-state index contributed by atoms with van der Waals surface area (Å²) >= 11 is 0. The van der Waals surface area contributed by atoms with Crippen molar-refractivity contribution in [3.05, 3.63) is 60.2 Å². The molecule has 1 aromatic rings. The Kier molecular flexibility index (Phi) is 6.51. The Labute approximate surface area is 205 Å². The largest absolute Gasteiger partial charge is 0.461 e. The summed E-state index contributed by atoms with van der Waals surface area (Å²) < 4.78 is 11.9. The Morgan fingerprint density at radius 2 is 1.94 bits per heavy atom. The maximum atomic E-state index is 14.1. The first kappa shape index (κ1) is 23.8. The van der Waals surface area contributed by atoms with Gasteiger partial charge in [0.2, 0.25) is 11.8 Å². The van der Waals surface area contributed by atoms with Crippen LogP contribution < -0.4 is 0 Å². The highest BCUT2D eigenvalue weighted by molar-refractivity contribution is 5.99. The summed E-state index contributed by atoms with van der Waals surface area (Å²) in [5, 5.41) is 10.4. The smallest absolute Gasteiger partial charge is 0.313 e. The molecular formula is C27H32N2O6. The molecule has 4 aliphatic rings. The van der Waals surface area contributed by atoms with Crippen LogP contribution in [0.2, 0.25) is 0 Å². The fourth-order valence-corrected chi connectivity index (χ4v) is 6.04. The Balaban J connectivity index is 1.59. The second kappa shape index (κ2) is 9.59. The number of hydrogen-bond acceptors (Lipinski definition) is 6. The molecule has 0 bridgehead atoms. The molecule has 0 radical (unpaired) electrons. The van der Waals surface area contributed by atoms with Gasteiger partial charge in [0.05, 0.1) is 24.7 Å². The van der Waals surface area contributed by atoms with Gasteiger partial charge in [-0.15, -0.1) is 0 Å². The fraction of sp³-hybridized carbons (Fsp3) is 0.519. The van der Waals surface area contributed by atoms with Crippen LogP contribution in [-0.2, 0) is 30.3 Å². The van der Waals surface area contributed by atoms with E-state index in [1.807, 2.05) is 42.5 Å². The molecule has 0 aromatic heterocycles. The van der Waals surface area contributed by atoms with Gasteiger partial charge in [-0.1, -0.05) is 61.9 Å².